The third-order valence-electron chi connectivity index (χ3n) is 2.63. The predicted molar refractivity (Wildman–Crippen MR) is 65.2 cm³/mol. The van der Waals surface area contributed by atoms with Crippen LogP contribution in [-0.2, 0) is 6.42 Å². The second kappa shape index (κ2) is 4.41. The molecule has 1 aromatic heterocycles. The Morgan fingerprint density at radius 2 is 2.12 bits per heavy atom. The SMILES string of the molecule is Cc1cccc(Cc2nc(O)c(C)c(=O)[nH]2)c1. The third kappa shape index (κ3) is 2.53. The van der Waals surface area contributed by atoms with Crippen LogP contribution in [0.1, 0.15) is 22.5 Å². The molecule has 0 spiro atoms. The Kier molecular flexibility index (Phi) is 2.95. The Balaban J connectivity index is 2.34. The normalized spacial score (nSPS) is 10.5. The van der Waals surface area contributed by atoms with Crippen LogP contribution in [0.25, 0.3) is 0 Å². The molecular weight excluding hydrogens is 216 g/mol. The lowest BCUT2D eigenvalue weighted by Gasteiger charge is -2.04. The third-order valence-corrected chi connectivity index (χ3v) is 2.63. The molecule has 4 nitrogen and oxygen atoms in total. The summed E-state index contributed by atoms with van der Waals surface area (Å²) in [7, 11) is 0. The summed E-state index contributed by atoms with van der Waals surface area (Å²) in [6.45, 7) is 3.55. The van der Waals surface area contributed by atoms with E-state index in [-0.39, 0.29) is 17.0 Å². The summed E-state index contributed by atoms with van der Waals surface area (Å²) in [5.74, 6) is 0.278. The van der Waals surface area contributed by atoms with Crippen LogP contribution in [-0.4, -0.2) is 15.1 Å². The molecule has 0 aliphatic heterocycles. The van der Waals surface area contributed by atoms with Gasteiger partial charge in [-0.1, -0.05) is 29.8 Å². The van der Waals surface area contributed by atoms with Gasteiger partial charge in [-0.15, -0.1) is 0 Å². The Morgan fingerprint density at radius 3 is 2.76 bits per heavy atom. The van der Waals surface area contributed by atoms with Gasteiger partial charge < -0.3 is 10.1 Å². The number of benzene rings is 1. The smallest absolute Gasteiger partial charge is 0.257 e. The lowest BCUT2D eigenvalue weighted by atomic mass is 10.1. The standard InChI is InChI=1S/C13H14N2O2/c1-8-4-3-5-10(6-8)7-11-14-12(16)9(2)13(17)15-11/h3-6H,7H2,1-2H3,(H2,14,15,16,17). The minimum absolute atomic E-state index is 0.198. The molecule has 0 radical (unpaired) electrons. The number of aromatic amines is 1. The van der Waals surface area contributed by atoms with Gasteiger partial charge in [0.05, 0.1) is 5.56 Å². The van der Waals surface area contributed by atoms with Gasteiger partial charge in [0.1, 0.15) is 5.82 Å². The molecule has 0 saturated heterocycles. The first-order valence-electron chi connectivity index (χ1n) is 5.40. The van der Waals surface area contributed by atoms with Crippen molar-refractivity contribution < 1.29 is 5.11 Å². The van der Waals surface area contributed by atoms with Crippen molar-refractivity contribution >= 4 is 0 Å². The van der Waals surface area contributed by atoms with Gasteiger partial charge in [0.15, 0.2) is 0 Å². The number of hydrogen-bond donors (Lipinski definition) is 2. The molecule has 0 bridgehead atoms. The monoisotopic (exact) mass is 230 g/mol. The van der Waals surface area contributed by atoms with Crippen molar-refractivity contribution in [3.05, 3.63) is 57.1 Å². The Labute approximate surface area is 99.0 Å². The fourth-order valence-electron chi connectivity index (χ4n) is 1.67. The number of hydrogen-bond acceptors (Lipinski definition) is 3. The van der Waals surface area contributed by atoms with Crippen molar-refractivity contribution in [3.8, 4) is 5.88 Å². The number of rotatable bonds is 2. The van der Waals surface area contributed by atoms with Gasteiger partial charge in [-0.3, -0.25) is 4.79 Å². The van der Waals surface area contributed by atoms with Gasteiger partial charge in [-0.2, -0.15) is 4.98 Å². The first-order chi connectivity index (χ1) is 8.06. The molecule has 1 aromatic carbocycles. The second-order valence-electron chi connectivity index (χ2n) is 4.13. The fraction of sp³-hybridized carbons (Fsp3) is 0.231. The van der Waals surface area contributed by atoms with E-state index in [1.54, 1.807) is 0 Å². The van der Waals surface area contributed by atoms with E-state index in [0.29, 0.717) is 12.2 Å². The van der Waals surface area contributed by atoms with Crippen LogP contribution in [0.4, 0.5) is 0 Å². The number of nitrogens with one attached hydrogen (secondary N) is 1. The molecule has 0 fully saturated rings. The van der Waals surface area contributed by atoms with Crippen LogP contribution in [0.15, 0.2) is 29.1 Å². The maximum absolute atomic E-state index is 11.5. The molecule has 0 saturated carbocycles. The van der Waals surface area contributed by atoms with Gasteiger partial charge in [0.25, 0.3) is 5.56 Å². The minimum atomic E-state index is -0.292. The molecule has 1 heterocycles. The van der Waals surface area contributed by atoms with Gasteiger partial charge in [-0.05, 0) is 19.4 Å². The molecule has 4 heteroatoms. The summed E-state index contributed by atoms with van der Waals surface area (Å²) in [6.07, 6.45) is 0.505. The van der Waals surface area contributed by atoms with Gasteiger partial charge in [0.2, 0.25) is 5.88 Å². The molecule has 88 valence electrons. The van der Waals surface area contributed by atoms with Crippen LogP contribution < -0.4 is 5.56 Å². The highest BCUT2D eigenvalue weighted by atomic mass is 16.3. The Bertz CT molecular complexity index is 603. The van der Waals surface area contributed by atoms with Crippen molar-refractivity contribution in [2.75, 3.05) is 0 Å². The summed E-state index contributed by atoms with van der Waals surface area (Å²) in [4.78, 5) is 18.1. The largest absolute Gasteiger partial charge is 0.493 e. The molecule has 2 N–H and O–H groups in total. The quantitative estimate of drug-likeness (QED) is 0.825. The summed E-state index contributed by atoms with van der Waals surface area (Å²) in [5.41, 5.74) is 2.16. The zero-order valence-corrected chi connectivity index (χ0v) is 9.82. The van der Waals surface area contributed by atoms with Crippen molar-refractivity contribution in [1.82, 2.24) is 9.97 Å². The van der Waals surface area contributed by atoms with E-state index in [2.05, 4.69) is 9.97 Å². The zero-order chi connectivity index (χ0) is 12.4. The van der Waals surface area contributed by atoms with E-state index in [9.17, 15) is 9.90 Å². The molecule has 0 unspecified atom stereocenters. The molecule has 0 aliphatic carbocycles. The number of aromatic hydroxyl groups is 1. The average Bonchev–Trinajstić information content (AvgIpc) is 2.26. The van der Waals surface area contributed by atoms with Crippen LogP contribution in [0.5, 0.6) is 5.88 Å². The first-order valence-corrected chi connectivity index (χ1v) is 5.40. The van der Waals surface area contributed by atoms with Gasteiger partial charge in [0, 0.05) is 6.42 Å². The van der Waals surface area contributed by atoms with Crippen LogP contribution in [0, 0.1) is 13.8 Å². The number of nitrogens with zero attached hydrogens (tertiary/aromatic N) is 1. The molecule has 17 heavy (non-hydrogen) atoms. The highest BCUT2D eigenvalue weighted by Crippen LogP contribution is 2.11. The van der Waals surface area contributed by atoms with Crippen molar-refractivity contribution in [1.29, 1.82) is 0 Å². The zero-order valence-electron chi connectivity index (χ0n) is 9.82. The molecular formula is C13H14N2O2. The lowest BCUT2D eigenvalue weighted by molar-refractivity contribution is 0.443. The maximum Gasteiger partial charge on any atom is 0.257 e. The predicted octanol–water partition coefficient (Wildman–Crippen LogP) is 1.68. The summed E-state index contributed by atoms with van der Waals surface area (Å²) < 4.78 is 0. The van der Waals surface area contributed by atoms with Gasteiger partial charge in [-0.25, -0.2) is 0 Å². The Morgan fingerprint density at radius 1 is 1.35 bits per heavy atom. The molecule has 0 amide bonds. The average molecular weight is 230 g/mol. The molecule has 0 atom stereocenters. The molecule has 0 aliphatic rings. The lowest BCUT2D eigenvalue weighted by Crippen LogP contribution is -2.14. The maximum atomic E-state index is 11.5. The Hall–Kier alpha value is -2.10. The highest BCUT2D eigenvalue weighted by molar-refractivity contribution is 5.26. The van der Waals surface area contributed by atoms with Crippen LogP contribution in [0.2, 0.25) is 0 Å². The van der Waals surface area contributed by atoms with Gasteiger partial charge >= 0.3 is 0 Å². The van der Waals surface area contributed by atoms with E-state index in [1.807, 2.05) is 31.2 Å². The molecule has 2 rings (SSSR count). The summed E-state index contributed by atoms with van der Waals surface area (Å²) in [5, 5.41) is 9.48. The van der Waals surface area contributed by atoms with E-state index >= 15 is 0 Å². The van der Waals surface area contributed by atoms with Crippen molar-refractivity contribution in [3.63, 3.8) is 0 Å². The summed E-state index contributed by atoms with van der Waals surface area (Å²) in [6, 6.07) is 7.95. The number of aromatic nitrogens is 2. The van der Waals surface area contributed by atoms with Crippen LogP contribution >= 0.6 is 0 Å². The first kappa shape index (κ1) is 11.4. The molecule has 2 aromatic rings. The summed E-state index contributed by atoms with van der Waals surface area (Å²) >= 11 is 0. The number of H-pyrrole nitrogens is 1. The van der Waals surface area contributed by atoms with E-state index in [1.165, 1.54) is 6.92 Å². The van der Waals surface area contributed by atoms with E-state index < -0.39 is 0 Å². The van der Waals surface area contributed by atoms with Crippen LogP contribution in [0.3, 0.4) is 0 Å². The van der Waals surface area contributed by atoms with E-state index in [4.69, 9.17) is 0 Å². The fourth-order valence-corrected chi connectivity index (χ4v) is 1.67. The second-order valence-corrected chi connectivity index (χ2v) is 4.13. The highest BCUT2D eigenvalue weighted by Gasteiger charge is 2.06. The minimum Gasteiger partial charge on any atom is -0.493 e. The topological polar surface area (TPSA) is 66.0 Å². The number of aryl methyl sites for hydroxylation is 1. The van der Waals surface area contributed by atoms with Crippen molar-refractivity contribution in [2.45, 2.75) is 20.3 Å². The van der Waals surface area contributed by atoms with E-state index in [0.717, 1.165) is 11.1 Å². The van der Waals surface area contributed by atoms with Crippen molar-refractivity contribution in [2.24, 2.45) is 0 Å².